The molecule has 0 heterocycles. The van der Waals surface area contributed by atoms with Gasteiger partial charge >= 0.3 is 11.9 Å². The van der Waals surface area contributed by atoms with Crippen LogP contribution in [0.4, 0.5) is 0 Å². The smallest absolute Gasteiger partial charge is 0.327 e. The number of aliphatic hydroxyl groups is 1. The van der Waals surface area contributed by atoms with E-state index in [1.54, 1.807) is 0 Å². The van der Waals surface area contributed by atoms with Crippen molar-refractivity contribution in [3.05, 3.63) is 0 Å². The Labute approximate surface area is 160 Å². The van der Waals surface area contributed by atoms with E-state index in [0.717, 1.165) is 0 Å². The summed E-state index contributed by atoms with van der Waals surface area (Å²) in [5.74, 6) is -5.53. The Morgan fingerprint density at radius 1 is 0.963 bits per heavy atom. The minimum Gasteiger partial charge on any atom is -0.481 e. The summed E-state index contributed by atoms with van der Waals surface area (Å²) in [6, 6.07) is -5.40. The van der Waals surface area contributed by atoms with E-state index >= 15 is 0 Å². The highest BCUT2D eigenvalue weighted by molar-refractivity contribution is 7.80. The van der Waals surface area contributed by atoms with Crippen LogP contribution < -0.4 is 21.7 Å². The predicted octanol–water partition coefficient (Wildman–Crippen LogP) is -3.34. The number of carboxylic acids is 2. The fraction of sp³-hybridized carbons (Fsp3) is 0.643. The number of thiol groups is 1. The summed E-state index contributed by atoms with van der Waals surface area (Å²) in [4.78, 5) is 57.4. The number of carbonyl (C=O) groups is 5. The van der Waals surface area contributed by atoms with E-state index in [0.29, 0.717) is 0 Å². The normalized spacial score (nSPS) is 16.2. The lowest BCUT2D eigenvalue weighted by Gasteiger charge is -2.24. The highest BCUT2D eigenvalue weighted by Gasteiger charge is 2.31. The summed E-state index contributed by atoms with van der Waals surface area (Å²) in [5.41, 5.74) is 5.38. The molecule has 8 N–H and O–H groups in total. The lowest BCUT2D eigenvalue weighted by molar-refractivity contribution is -0.141. The molecule has 0 aliphatic heterocycles. The molecule has 0 fully saturated rings. The second-order valence-electron chi connectivity index (χ2n) is 5.74. The van der Waals surface area contributed by atoms with Crippen molar-refractivity contribution < 1.29 is 39.3 Å². The minimum absolute atomic E-state index is 0.171. The molecule has 0 bridgehead atoms. The molecule has 0 aliphatic carbocycles. The van der Waals surface area contributed by atoms with Crippen LogP contribution >= 0.6 is 12.6 Å². The van der Waals surface area contributed by atoms with Gasteiger partial charge in [-0.25, -0.2) is 4.79 Å². The van der Waals surface area contributed by atoms with Crippen LogP contribution in [-0.2, 0) is 24.0 Å². The third kappa shape index (κ3) is 8.70. The Hall–Kier alpha value is -2.38. The van der Waals surface area contributed by atoms with E-state index in [-0.39, 0.29) is 5.75 Å². The predicted molar refractivity (Wildman–Crippen MR) is 94.9 cm³/mol. The van der Waals surface area contributed by atoms with Crippen LogP contribution in [0.3, 0.4) is 0 Å². The highest BCUT2D eigenvalue weighted by atomic mass is 32.1. The molecule has 13 heteroatoms. The summed E-state index contributed by atoms with van der Waals surface area (Å²) in [7, 11) is 0. The maximum atomic E-state index is 12.2. The van der Waals surface area contributed by atoms with Crippen molar-refractivity contribution in [2.24, 2.45) is 5.73 Å². The fourth-order valence-corrected chi connectivity index (χ4v) is 2.04. The van der Waals surface area contributed by atoms with E-state index in [4.69, 9.17) is 15.9 Å². The van der Waals surface area contributed by atoms with Gasteiger partial charge in [-0.15, -0.1) is 0 Å². The van der Waals surface area contributed by atoms with Gasteiger partial charge in [-0.3, -0.25) is 19.2 Å². The molecule has 0 aromatic rings. The number of hydrogen-bond donors (Lipinski definition) is 8. The Morgan fingerprint density at radius 3 is 1.93 bits per heavy atom. The van der Waals surface area contributed by atoms with Crippen molar-refractivity contribution in [3.63, 3.8) is 0 Å². The lowest BCUT2D eigenvalue weighted by atomic mass is 10.1. The molecular formula is C14H24N4O8S. The zero-order valence-electron chi connectivity index (χ0n) is 14.7. The number of rotatable bonds is 11. The van der Waals surface area contributed by atoms with E-state index in [1.165, 1.54) is 13.8 Å². The van der Waals surface area contributed by atoms with Crippen LogP contribution in [0.1, 0.15) is 20.3 Å². The molecule has 0 saturated carbocycles. The fourth-order valence-electron chi connectivity index (χ4n) is 1.80. The first-order valence-corrected chi connectivity index (χ1v) is 8.44. The molecule has 0 spiro atoms. The van der Waals surface area contributed by atoms with Crippen molar-refractivity contribution in [1.82, 2.24) is 16.0 Å². The van der Waals surface area contributed by atoms with Crippen molar-refractivity contribution >= 4 is 42.3 Å². The standard InChI is InChI=1S/C14H24N4O8S/c1-5(11(22)17-8(4-27)14(25)26)16-13(24)10(6(2)19)18-12(23)7(15)3-9(20)21/h5-8,10,19,27H,3-4,15H2,1-2H3,(H,16,24)(H,17,22)(H,18,23)(H,20,21)(H,25,26). The Balaban J connectivity index is 4.92. The van der Waals surface area contributed by atoms with Gasteiger partial charge in [0.25, 0.3) is 0 Å². The van der Waals surface area contributed by atoms with Crippen molar-refractivity contribution in [2.45, 2.75) is 50.5 Å². The van der Waals surface area contributed by atoms with Crippen molar-refractivity contribution in [2.75, 3.05) is 5.75 Å². The van der Waals surface area contributed by atoms with Crippen LogP contribution in [0.15, 0.2) is 0 Å². The van der Waals surface area contributed by atoms with Gasteiger partial charge in [0.1, 0.15) is 18.1 Å². The Bertz CT molecular complexity index is 585. The Kier molecular flexibility index (Phi) is 10.4. The van der Waals surface area contributed by atoms with Gasteiger partial charge in [-0.2, -0.15) is 12.6 Å². The maximum absolute atomic E-state index is 12.2. The lowest BCUT2D eigenvalue weighted by Crippen LogP contribution is -2.59. The largest absolute Gasteiger partial charge is 0.481 e. The van der Waals surface area contributed by atoms with Crippen molar-refractivity contribution in [3.8, 4) is 0 Å². The first-order valence-electron chi connectivity index (χ1n) is 7.80. The van der Waals surface area contributed by atoms with Crippen LogP contribution in [0, 0.1) is 0 Å². The average molecular weight is 408 g/mol. The summed E-state index contributed by atoms with van der Waals surface area (Å²) in [6.07, 6.45) is -2.07. The van der Waals surface area contributed by atoms with Crippen molar-refractivity contribution in [1.29, 1.82) is 0 Å². The number of carboxylic acid groups (broad SMARTS) is 2. The molecule has 5 unspecified atom stereocenters. The summed E-state index contributed by atoms with van der Waals surface area (Å²) < 4.78 is 0. The highest BCUT2D eigenvalue weighted by Crippen LogP contribution is 1.99. The minimum atomic E-state index is -1.51. The van der Waals surface area contributed by atoms with Gasteiger partial charge in [0.15, 0.2) is 0 Å². The third-order valence-corrected chi connectivity index (χ3v) is 3.71. The van der Waals surface area contributed by atoms with Gasteiger partial charge in [0, 0.05) is 5.75 Å². The molecular weight excluding hydrogens is 384 g/mol. The summed E-state index contributed by atoms with van der Waals surface area (Å²) in [6.45, 7) is 2.46. The Morgan fingerprint density at radius 2 is 1.52 bits per heavy atom. The second kappa shape index (κ2) is 11.4. The van der Waals surface area contributed by atoms with Gasteiger partial charge in [-0.05, 0) is 13.8 Å². The molecule has 0 radical (unpaired) electrons. The van der Waals surface area contributed by atoms with Gasteiger partial charge < -0.3 is 37.0 Å². The molecule has 0 rings (SSSR count). The van der Waals surface area contributed by atoms with Gasteiger partial charge in [0.2, 0.25) is 17.7 Å². The third-order valence-electron chi connectivity index (χ3n) is 3.34. The van der Waals surface area contributed by atoms with Gasteiger partial charge in [-0.1, -0.05) is 0 Å². The number of hydrogen-bond acceptors (Lipinski definition) is 8. The number of amides is 3. The molecule has 0 aliphatic rings. The van der Waals surface area contributed by atoms with Crippen LogP contribution in [0.25, 0.3) is 0 Å². The first kappa shape index (κ1) is 24.6. The molecule has 5 atom stereocenters. The number of nitrogens with one attached hydrogen (secondary N) is 3. The molecule has 27 heavy (non-hydrogen) atoms. The monoisotopic (exact) mass is 408 g/mol. The molecule has 3 amide bonds. The SMILES string of the molecule is CC(NC(=O)C(NC(=O)C(N)CC(=O)O)C(C)O)C(=O)NC(CS)C(=O)O. The first-order chi connectivity index (χ1) is 12.4. The molecule has 154 valence electrons. The summed E-state index contributed by atoms with van der Waals surface area (Å²) in [5, 5.41) is 33.7. The van der Waals surface area contributed by atoms with E-state index in [9.17, 15) is 29.1 Å². The van der Waals surface area contributed by atoms with Gasteiger partial charge in [0.05, 0.1) is 18.6 Å². The number of carbonyl (C=O) groups excluding carboxylic acids is 3. The maximum Gasteiger partial charge on any atom is 0.327 e. The van der Waals surface area contributed by atoms with E-state index in [2.05, 4.69) is 28.6 Å². The zero-order valence-corrected chi connectivity index (χ0v) is 15.6. The quantitative estimate of drug-likeness (QED) is 0.160. The average Bonchev–Trinajstić information content (AvgIpc) is 2.55. The van der Waals surface area contributed by atoms with Crippen LogP contribution in [0.2, 0.25) is 0 Å². The van der Waals surface area contributed by atoms with Crippen LogP contribution in [-0.4, -0.2) is 81.0 Å². The molecule has 0 aromatic heterocycles. The van der Waals surface area contributed by atoms with E-state index in [1.807, 2.05) is 0 Å². The number of nitrogens with two attached hydrogens (primary N) is 1. The molecule has 0 saturated heterocycles. The number of aliphatic carboxylic acids is 2. The second-order valence-corrected chi connectivity index (χ2v) is 6.11. The summed E-state index contributed by atoms with van der Waals surface area (Å²) >= 11 is 3.79. The van der Waals surface area contributed by atoms with E-state index < -0.39 is 66.4 Å². The molecule has 0 aromatic carbocycles. The molecule has 12 nitrogen and oxygen atoms in total. The zero-order chi connectivity index (χ0) is 21.3. The topological polar surface area (TPSA) is 208 Å². The van der Waals surface area contributed by atoms with Crippen LogP contribution in [0.5, 0.6) is 0 Å². The number of aliphatic hydroxyl groups excluding tert-OH is 1.